The fourth-order valence-corrected chi connectivity index (χ4v) is 5.24. The summed E-state index contributed by atoms with van der Waals surface area (Å²) in [5.41, 5.74) is -1.16. The van der Waals surface area contributed by atoms with Crippen LogP contribution in [0.4, 0.5) is 4.79 Å². The van der Waals surface area contributed by atoms with Crippen LogP contribution in [-0.2, 0) is 14.9 Å². The largest absolute Gasteiger partial charge is 0.481 e. The zero-order valence-electron chi connectivity index (χ0n) is 16.0. The number of amides is 1. The quantitative estimate of drug-likeness (QED) is 0.758. The third-order valence-electron chi connectivity index (χ3n) is 6.11. The van der Waals surface area contributed by atoms with Crippen LogP contribution in [0.1, 0.15) is 46.1 Å². The van der Waals surface area contributed by atoms with Crippen molar-refractivity contribution < 1.29 is 19.4 Å². The first-order valence-corrected chi connectivity index (χ1v) is 9.92. The summed E-state index contributed by atoms with van der Waals surface area (Å²) in [4.78, 5) is 26.5. The molecular formula is C20H25Cl2NO4. The third-order valence-corrected chi connectivity index (χ3v) is 6.85. The number of nitrogens with zero attached hydrogens (tertiary/aromatic N) is 1. The summed E-state index contributed by atoms with van der Waals surface area (Å²) in [6.45, 7) is 8.15. The predicted octanol–water partition coefficient (Wildman–Crippen LogP) is 4.98. The number of aliphatic carboxylic acids is 1. The molecule has 2 aliphatic rings. The molecule has 27 heavy (non-hydrogen) atoms. The average Bonchev–Trinajstić information content (AvgIpc) is 3.19. The van der Waals surface area contributed by atoms with E-state index in [-0.39, 0.29) is 5.92 Å². The minimum atomic E-state index is -0.916. The van der Waals surface area contributed by atoms with E-state index in [1.807, 2.05) is 33.8 Å². The Balaban J connectivity index is 1.96. The van der Waals surface area contributed by atoms with Crippen molar-refractivity contribution in [3.8, 4) is 0 Å². The number of rotatable bonds is 3. The van der Waals surface area contributed by atoms with Gasteiger partial charge in [-0.3, -0.25) is 4.79 Å². The topological polar surface area (TPSA) is 66.8 Å². The molecule has 0 spiro atoms. The zero-order chi connectivity index (χ0) is 20.2. The van der Waals surface area contributed by atoms with Gasteiger partial charge in [0, 0.05) is 24.4 Å². The van der Waals surface area contributed by atoms with Crippen molar-refractivity contribution in [2.75, 3.05) is 13.1 Å². The van der Waals surface area contributed by atoms with Crippen LogP contribution in [0.15, 0.2) is 18.2 Å². The Morgan fingerprint density at radius 1 is 1.30 bits per heavy atom. The molecule has 1 N–H and O–H groups in total. The molecule has 1 unspecified atom stereocenters. The molecule has 1 heterocycles. The lowest BCUT2D eigenvalue weighted by Gasteiger charge is -2.33. The van der Waals surface area contributed by atoms with Crippen molar-refractivity contribution >= 4 is 35.3 Å². The Hall–Kier alpha value is -1.46. The molecule has 1 aromatic rings. The van der Waals surface area contributed by atoms with Gasteiger partial charge in [0.05, 0.1) is 15.5 Å². The fraction of sp³-hybridized carbons (Fsp3) is 0.600. The molecule has 3 atom stereocenters. The summed E-state index contributed by atoms with van der Waals surface area (Å²) in [5.74, 6) is -1.02. The number of benzene rings is 1. The zero-order valence-corrected chi connectivity index (χ0v) is 17.5. The fourth-order valence-electron chi connectivity index (χ4n) is 4.94. The second kappa shape index (κ2) is 6.56. The second-order valence-corrected chi connectivity index (χ2v) is 9.27. The highest BCUT2D eigenvalue weighted by molar-refractivity contribution is 6.42. The number of halogens is 2. The Morgan fingerprint density at radius 2 is 1.96 bits per heavy atom. The summed E-state index contributed by atoms with van der Waals surface area (Å²) in [6.07, 6.45) is 0.636. The SMILES string of the molecule is CCC1(C(=O)O)[C@H]2CN(C(=O)OC(C)(C)C)CC[C@]21c1ccc(Cl)c(Cl)c1. The smallest absolute Gasteiger partial charge is 0.410 e. The van der Waals surface area contributed by atoms with E-state index >= 15 is 0 Å². The summed E-state index contributed by atoms with van der Waals surface area (Å²) < 4.78 is 5.48. The van der Waals surface area contributed by atoms with Crippen LogP contribution in [0.5, 0.6) is 0 Å². The van der Waals surface area contributed by atoms with E-state index in [1.54, 1.807) is 17.0 Å². The Kier molecular flexibility index (Phi) is 4.92. The summed E-state index contributed by atoms with van der Waals surface area (Å²) >= 11 is 12.3. The number of carbonyl (C=O) groups is 2. The number of carboxylic acids is 1. The minimum Gasteiger partial charge on any atom is -0.481 e. The van der Waals surface area contributed by atoms with E-state index in [1.165, 1.54) is 0 Å². The van der Waals surface area contributed by atoms with Crippen molar-refractivity contribution in [3.05, 3.63) is 33.8 Å². The monoisotopic (exact) mass is 413 g/mol. The van der Waals surface area contributed by atoms with Gasteiger partial charge >= 0.3 is 12.1 Å². The van der Waals surface area contributed by atoms with E-state index < -0.39 is 28.5 Å². The molecule has 1 aromatic carbocycles. The van der Waals surface area contributed by atoms with Gasteiger partial charge in [-0.25, -0.2) is 4.79 Å². The van der Waals surface area contributed by atoms with Gasteiger partial charge in [0.1, 0.15) is 5.60 Å². The normalized spacial score (nSPS) is 29.9. The molecule has 1 saturated carbocycles. The van der Waals surface area contributed by atoms with Crippen LogP contribution in [0, 0.1) is 11.3 Å². The first-order valence-electron chi connectivity index (χ1n) is 9.16. The minimum absolute atomic E-state index is 0.189. The standard InChI is InChI=1S/C20H25Cl2NO4/c1-5-19(16(24)25)15-11-23(17(26)27-18(2,3)4)9-8-20(15,19)12-6-7-13(21)14(22)10-12/h6-7,10,15H,5,8-9,11H2,1-4H3,(H,24,25)/t15-,19?,20+/m1/s1. The molecule has 1 amide bonds. The Bertz CT molecular complexity index is 791. The number of fused-ring (bicyclic) bond motifs is 1. The molecule has 1 aliphatic heterocycles. The van der Waals surface area contributed by atoms with Gasteiger partial charge in [-0.2, -0.15) is 0 Å². The second-order valence-electron chi connectivity index (χ2n) is 8.46. The van der Waals surface area contributed by atoms with Crippen LogP contribution in [-0.4, -0.2) is 40.8 Å². The third kappa shape index (κ3) is 2.99. The average molecular weight is 414 g/mol. The number of ether oxygens (including phenoxy) is 1. The van der Waals surface area contributed by atoms with Crippen LogP contribution in [0.2, 0.25) is 10.0 Å². The van der Waals surface area contributed by atoms with Gasteiger partial charge in [0.2, 0.25) is 0 Å². The number of likely N-dealkylation sites (tertiary alicyclic amines) is 1. The van der Waals surface area contributed by atoms with Crippen molar-refractivity contribution in [2.24, 2.45) is 11.3 Å². The summed E-state index contributed by atoms with van der Waals surface area (Å²) in [7, 11) is 0. The van der Waals surface area contributed by atoms with E-state index in [0.717, 1.165) is 5.56 Å². The molecule has 5 nitrogen and oxygen atoms in total. The highest BCUT2D eigenvalue weighted by Gasteiger charge is 2.81. The highest BCUT2D eigenvalue weighted by atomic mass is 35.5. The lowest BCUT2D eigenvalue weighted by Crippen LogP contribution is -2.43. The number of hydrogen-bond donors (Lipinski definition) is 1. The van der Waals surface area contributed by atoms with Gasteiger partial charge < -0.3 is 14.7 Å². The molecule has 148 valence electrons. The van der Waals surface area contributed by atoms with Crippen LogP contribution in [0.3, 0.4) is 0 Å². The molecule has 0 aromatic heterocycles. The lowest BCUT2D eigenvalue weighted by molar-refractivity contribution is -0.145. The van der Waals surface area contributed by atoms with Crippen LogP contribution < -0.4 is 0 Å². The van der Waals surface area contributed by atoms with E-state index in [9.17, 15) is 14.7 Å². The number of hydrogen-bond acceptors (Lipinski definition) is 3. The van der Waals surface area contributed by atoms with E-state index in [0.29, 0.717) is 36.0 Å². The predicted molar refractivity (Wildman–Crippen MR) is 104 cm³/mol. The maximum atomic E-state index is 12.5. The number of carbonyl (C=O) groups excluding carboxylic acids is 1. The molecule has 3 rings (SSSR count). The van der Waals surface area contributed by atoms with E-state index in [4.69, 9.17) is 27.9 Å². The molecular weight excluding hydrogens is 389 g/mol. The molecule has 7 heteroatoms. The number of carboxylic acid groups (broad SMARTS) is 1. The molecule has 1 saturated heterocycles. The van der Waals surface area contributed by atoms with Crippen molar-refractivity contribution in [1.29, 1.82) is 0 Å². The maximum absolute atomic E-state index is 12.5. The van der Waals surface area contributed by atoms with Gasteiger partial charge in [-0.1, -0.05) is 36.2 Å². The number of piperidine rings is 1. The lowest BCUT2D eigenvalue weighted by atomic mass is 9.81. The first-order chi connectivity index (χ1) is 12.5. The van der Waals surface area contributed by atoms with Crippen LogP contribution in [0.25, 0.3) is 0 Å². The van der Waals surface area contributed by atoms with E-state index in [2.05, 4.69) is 0 Å². The highest BCUT2D eigenvalue weighted by Crippen LogP contribution is 2.75. The van der Waals surface area contributed by atoms with Gasteiger partial charge in [-0.15, -0.1) is 0 Å². The molecule has 1 aliphatic carbocycles. The Labute approximate surface area is 169 Å². The first kappa shape index (κ1) is 20.3. The summed E-state index contributed by atoms with van der Waals surface area (Å²) in [5, 5.41) is 11.0. The van der Waals surface area contributed by atoms with Crippen molar-refractivity contribution in [3.63, 3.8) is 0 Å². The van der Waals surface area contributed by atoms with Crippen molar-refractivity contribution in [2.45, 2.75) is 51.6 Å². The Morgan fingerprint density at radius 3 is 2.48 bits per heavy atom. The summed E-state index contributed by atoms with van der Waals surface area (Å²) in [6, 6.07) is 5.36. The van der Waals surface area contributed by atoms with Gasteiger partial charge in [0.15, 0.2) is 0 Å². The molecule has 0 bridgehead atoms. The molecule has 2 fully saturated rings. The van der Waals surface area contributed by atoms with Gasteiger partial charge in [-0.05, 0) is 51.3 Å². The van der Waals surface area contributed by atoms with Gasteiger partial charge in [0.25, 0.3) is 0 Å². The maximum Gasteiger partial charge on any atom is 0.410 e. The molecule has 0 radical (unpaired) electrons. The van der Waals surface area contributed by atoms with Crippen molar-refractivity contribution in [1.82, 2.24) is 4.90 Å². The van der Waals surface area contributed by atoms with Crippen LogP contribution >= 0.6 is 23.2 Å².